The van der Waals surface area contributed by atoms with Crippen LogP contribution in [0.25, 0.3) is 0 Å². The first-order valence-electron chi connectivity index (χ1n) is 4.33. The van der Waals surface area contributed by atoms with Gasteiger partial charge in [-0.15, -0.1) is 6.42 Å². The van der Waals surface area contributed by atoms with Crippen molar-refractivity contribution in [1.82, 2.24) is 0 Å². The van der Waals surface area contributed by atoms with Gasteiger partial charge in [0.1, 0.15) is 5.75 Å². The van der Waals surface area contributed by atoms with Crippen LogP contribution in [0.2, 0.25) is 0 Å². The Morgan fingerprint density at radius 3 is 2.43 bits per heavy atom. The molecule has 0 aliphatic heterocycles. The molecule has 0 aromatic rings. The number of terminal acetylenes is 1. The molecule has 0 radical (unpaired) electrons. The molecule has 0 saturated heterocycles. The lowest BCUT2D eigenvalue weighted by atomic mass is 10.2. The summed E-state index contributed by atoms with van der Waals surface area (Å²) in [6, 6.07) is 0. The third kappa shape index (κ3) is 7.62. The molecule has 0 aliphatic carbocycles. The van der Waals surface area contributed by atoms with Crippen molar-refractivity contribution in [1.29, 1.82) is 0 Å². The van der Waals surface area contributed by atoms with Crippen molar-refractivity contribution in [3.8, 4) is 12.3 Å². The lowest BCUT2D eigenvalue weighted by molar-refractivity contribution is -0.137. The molecule has 0 bridgehead atoms. The topological polar surface area (TPSA) is 71.4 Å². The van der Waals surface area contributed by atoms with Crippen molar-refractivity contribution in [2.45, 2.75) is 25.7 Å². The Bertz CT molecular complexity index is 310. The van der Waals surface area contributed by atoms with Gasteiger partial charge in [0.05, 0.1) is 5.75 Å². The molecule has 5 heteroatoms. The van der Waals surface area contributed by atoms with Crippen molar-refractivity contribution in [2.24, 2.45) is 0 Å². The monoisotopic (exact) mass is 218 g/mol. The summed E-state index contributed by atoms with van der Waals surface area (Å²) < 4.78 is 22.1. The van der Waals surface area contributed by atoms with Gasteiger partial charge in [0.15, 0.2) is 9.84 Å². The number of rotatable bonds is 7. The average Bonchev–Trinajstić information content (AvgIpc) is 2.02. The predicted octanol–water partition coefficient (Wildman–Crippen LogP) is 0.679. The van der Waals surface area contributed by atoms with E-state index in [1.54, 1.807) is 0 Å². The molecule has 0 unspecified atom stereocenters. The Morgan fingerprint density at radius 1 is 1.29 bits per heavy atom. The lowest BCUT2D eigenvalue weighted by Crippen LogP contribution is -2.09. The normalized spacial score (nSPS) is 10.8. The Labute approximate surface area is 84.2 Å². The number of carboxylic acid groups (broad SMARTS) is 1. The summed E-state index contributed by atoms with van der Waals surface area (Å²) in [4.78, 5) is 10.1. The van der Waals surface area contributed by atoms with Crippen molar-refractivity contribution >= 4 is 15.8 Å². The van der Waals surface area contributed by atoms with Gasteiger partial charge in [0.2, 0.25) is 0 Å². The van der Waals surface area contributed by atoms with Gasteiger partial charge in [-0.2, -0.15) is 0 Å². The number of hydrogen-bond donors (Lipinski definition) is 1. The Kier molecular flexibility index (Phi) is 5.97. The number of hydrogen-bond acceptors (Lipinski definition) is 3. The van der Waals surface area contributed by atoms with E-state index in [0.29, 0.717) is 19.3 Å². The molecular formula is C9H14O4S. The first-order valence-corrected chi connectivity index (χ1v) is 6.16. The Balaban J connectivity index is 3.56. The molecule has 0 atom stereocenters. The van der Waals surface area contributed by atoms with Gasteiger partial charge in [-0.3, -0.25) is 4.79 Å². The first-order chi connectivity index (χ1) is 6.48. The number of unbranched alkanes of at least 4 members (excludes halogenated alkanes) is 2. The zero-order valence-electron chi connectivity index (χ0n) is 7.90. The third-order valence-corrected chi connectivity index (χ3v) is 3.17. The molecule has 4 nitrogen and oxygen atoms in total. The predicted molar refractivity (Wildman–Crippen MR) is 53.6 cm³/mol. The number of sulfone groups is 1. The average molecular weight is 218 g/mol. The maximum absolute atomic E-state index is 11.1. The van der Waals surface area contributed by atoms with E-state index >= 15 is 0 Å². The fourth-order valence-corrected chi connectivity index (χ4v) is 2.02. The fourth-order valence-electron chi connectivity index (χ4n) is 0.974. The van der Waals surface area contributed by atoms with E-state index in [1.165, 1.54) is 0 Å². The highest BCUT2D eigenvalue weighted by Crippen LogP contribution is 2.02. The molecular weight excluding hydrogens is 204 g/mol. The van der Waals surface area contributed by atoms with Crippen LogP contribution in [-0.4, -0.2) is 31.0 Å². The number of aliphatic carboxylic acids is 1. The summed E-state index contributed by atoms with van der Waals surface area (Å²) in [5, 5.41) is 8.31. The van der Waals surface area contributed by atoms with Gasteiger partial charge < -0.3 is 5.11 Å². The van der Waals surface area contributed by atoms with E-state index in [9.17, 15) is 13.2 Å². The summed E-state index contributed by atoms with van der Waals surface area (Å²) in [5.41, 5.74) is 0. The molecule has 0 aliphatic rings. The molecule has 0 heterocycles. The second-order valence-electron chi connectivity index (χ2n) is 3.00. The molecule has 0 amide bonds. The smallest absolute Gasteiger partial charge is 0.303 e. The molecule has 0 aromatic heterocycles. The summed E-state index contributed by atoms with van der Waals surface area (Å²) in [7, 11) is -3.12. The van der Waals surface area contributed by atoms with Gasteiger partial charge in [-0.05, 0) is 12.8 Å². The van der Waals surface area contributed by atoms with Crippen molar-refractivity contribution in [2.75, 3.05) is 11.5 Å². The van der Waals surface area contributed by atoms with Crippen LogP contribution in [0.3, 0.4) is 0 Å². The highest BCUT2D eigenvalue weighted by atomic mass is 32.2. The zero-order chi connectivity index (χ0) is 11.0. The molecule has 14 heavy (non-hydrogen) atoms. The molecule has 0 aromatic carbocycles. The minimum Gasteiger partial charge on any atom is -0.481 e. The van der Waals surface area contributed by atoms with Crippen molar-refractivity contribution < 1.29 is 18.3 Å². The van der Waals surface area contributed by atoms with Crippen LogP contribution in [-0.2, 0) is 14.6 Å². The van der Waals surface area contributed by atoms with E-state index in [4.69, 9.17) is 11.5 Å². The van der Waals surface area contributed by atoms with E-state index in [0.717, 1.165) is 0 Å². The molecule has 0 saturated carbocycles. The van der Waals surface area contributed by atoms with Crippen molar-refractivity contribution in [3.05, 3.63) is 0 Å². The molecule has 0 spiro atoms. The second kappa shape index (κ2) is 6.44. The highest BCUT2D eigenvalue weighted by Gasteiger charge is 2.07. The van der Waals surface area contributed by atoms with Crippen LogP contribution >= 0.6 is 0 Å². The highest BCUT2D eigenvalue weighted by molar-refractivity contribution is 7.91. The SMILES string of the molecule is C#CCS(=O)(=O)CCCCCC(=O)O. The van der Waals surface area contributed by atoms with Gasteiger partial charge in [-0.25, -0.2) is 8.42 Å². The van der Waals surface area contributed by atoms with Crippen LogP contribution in [0, 0.1) is 12.3 Å². The Hall–Kier alpha value is -1.02. The summed E-state index contributed by atoms with van der Waals surface area (Å²) in [5.74, 6) is 1.06. The van der Waals surface area contributed by atoms with Crippen LogP contribution in [0.1, 0.15) is 25.7 Å². The van der Waals surface area contributed by atoms with Gasteiger partial charge in [0, 0.05) is 6.42 Å². The first kappa shape index (κ1) is 13.0. The van der Waals surface area contributed by atoms with Gasteiger partial charge in [-0.1, -0.05) is 12.3 Å². The Morgan fingerprint density at radius 2 is 1.93 bits per heavy atom. The largest absolute Gasteiger partial charge is 0.481 e. The van der Waals surface area contributed by atoms with E-state index < -0.39 is 15.8 Å². The van der Waals surface area contributed by atoms with Crippen LogP contribution in [0.4, 0.5) is 0 Å². The lowest BCUT2D eigenvalue weighted by Gasteiger charge is -1.99. The van der Waals surface area contributed by atoms with Gasteiger partial charge >= 0.3 is 5.97 Å². The van der Waals surface area contributed by atoms with Crippen LogP contribution in [0.5, 0.6) is 0 Å². The maximum atomic E-state index is 11.1. The molecule has 1 N–H and O–H groups in total. The zero-order valence-corrected chi connectivity index (χ0v) is 8.72. The standard InChI is InChI=1S/C9H14O4S/c1-2-7-14(12,13)8-5-3-4-6-9(10)11/h1H,3-8H2,(H,10,11). The number of carboxylic acids is 1. The molecule has 0 fully saturated rings. The third-order valence-electron chi connectivity index (χ3n) is 1.65. The van der Waals surface area contributed by atoms with Crippen LogP contribution in [0.15, 0.2) is 0 Å². The van der Waals surface area contributed by atoms with Gasteiger partial charge in [0.25, 0.3) is 0 Å². The van der Waals surface area contributed by atoms with Crippen LogP contribution < -0.4 is 0 Å². The quantitative estimate of drug-likeness (QED) is 0.504. The molecule has 0 rings (SSSR count). The van der Waals surface area contributed by atoms with E-state index in [1.807, 2.05) is 0 Å². The fraction of sp³-hybridized carbons (Fsp3) is 0.667. The summed E-state index contributed by atoms with van der Waals surface area (Å²) in [6.45, 7) is 0. The van der Waals surface area contributed by atoms with E-state index in [-0.39, 0.29) is 17.9 Å². The van der Waals surface area contributed by atoms with Crippen molar-refractivity contribution in [3.63, 3.8) is 0 Å². The minimum atomic E-state index is -3.12. The summed E-state index contributed by atoms with van der Waals surface area (Å²) >= 11 is 0. The maximum Gasteiger partial charge on any atom is 0.303 e. The number of carbonyl (C=O) groups is 1. The summed E-state index contributed by atoms with van der Waals surface area (Å²) in [6.07, 6.45) is 6.58. The van der Waals surface area contributed by atoms with E-state index in [2.05, 4.69) is 5.92 Å². The minimum absolute atomic E-state index is 0.0524. The molecule has 80 valence electrons. The second-order valence-corrected chi connectivity index (χ2v) is 5.18.